The van der Waals surface area contributed by atoms with Gasteiger partial charge in [0, 0.05) is 17.8 Å². The van der Waals surface area contributed by atoms with Gasteiger partial charge in [-0.25, -0.2) is 4.98 Å². The number of ether oxygens (including phenoxy) is 1. The fraction of sp³-hybridized carbons (Fsp3) is 0.100. The summed E-state index contributed by atoms with van der Waals surface area (Å²) in [7, 11) is 0. The van der Waals surface area contributed by atoms with Crippen LogP contribution in [0.15, 0.2) is 72.0 Å². The van der Waals surface area contributed by atoms with Gasteiger partial charge < -0.3 is 4.74 Å². The lowest BCUT2D eigenvalue weighted by molar-refractivity contribution is -0.385. The van der Waals surface area contributed by atoms with Gasteiger partial charge in [0.25, 0.3) is 0 Å². The van der Waals surface area contributed by atoms with Crippen LogP contribution in [0.4, 0.5) is 24.7 Å². The second-order valence-corrected chi connectivity index (χ2v) is 6.06. The second-order valence-electron chi connectivity index (χ2n) is 6.06. The molecule has 0 spiro atoms. The fourth-order valence-corrected chi connectivity index (χ4v) is 2.42. The van der Waals surface area contributed by atoms with E-state index in [1.54, 1.807) is 6.07 Å². The van der Waals surface area contributed by atoms with Crippen molar-refractivity contribution in [3.63, 3.8) is 0 Å². The normalized spacial score (nSPS) is 11.4. The van der Waals surface area contributed by atoms with Crippen molar-refractivity contribution in [3.8, 4) is 5.75 Å². The highest BCUT2D eigenvalue weighted by molar-refractivity contribution is 5.82. The molecule has 154 valence electrons. The molecule has 0 amide bonds. The van der Waals surface area contributed by atoms with Crippen LogP contribution in [0.1, 0.15) is 16.7 Å². The van der Waals surface area contributed by atoms with Gasteiger partial charge in [0.2, 0.25) is 0 Å². The third kappa shape index (κ3) is 5.53. The molecule has 0 aliphatic carbocycles. The standard InChI is InChI=1S/C20H15F3N4O3/c21-20(22,23)16-7-9-19(24-12-16)26-25-11-15-6-8-18(17(10-15)27(28)29)30-13-14-4-2-1-3-5-14/h1-12H,13H2,(H,24,26)/b25-11-. The first-order valence-corrected chi connectivity index (χ1v) is 8.60. The van der Waals surface area contributed by atoms with E-state index in [0.717, 1.165) is 17.7 Å². The molecule has 0 aliphatic rings. The summed E-state index contributed by atoms with van der Waals surface area (Å²) >= 11 is 0. The van der Waals surface area contributed by atoms with E-state index in [-0.39, 0.29) is 23.9 Å². The van der Waals surface area contributed by atoms with Crippen LogP contribution in [0.2, 0.25) is 0 Å². The molecule has 0 saturated heterocycles. The molecule has 7 nitrogen and oxygen atoms in total. The summed E-state index contributed by atoms with van der Waals surface area (Å²) in [6, 6.07) is 15.5. The lowest BCUT2D eigenvalue weighted by Crippen LogP contribution is -2.05. The van der Waals surface area contributed by atoms with E-state index in [9.17, 15) is 23.3 Å². The molecule has 1 heterocycles. The predicted molar refractivity (Wildman–Crippen MR) is 104 cm³/mol. The Kier molecular flexibility index (Phi) is 6.26. The van der Waals surface area contributed by atoms with Gasteiger partial charge in [0.1, 0.15) is 12.4 Å². The first-order valence-electron chi connectivity index (χ1n) is 8.60. The molecule has 3 aromatic rings. The largest absolute Gasteiger partial charge is 0.482 e. The number of halogens is 3. The zero-order valence-corrected chi connectivity index (χ0v) is 15.3. The van der Waals surface area contributed by atoms with Gasteiger partial charge in [-0.1, -0.05) is 30.3 Å². The van der Waals surface area contributed by atoms with Crippen molar-refractivity contribution in [2.45, 2.75) is 12.8 Å². The van der Waals surface area contributed by atoms with Crippen molar-refractivity contribution in [2.24, 2.45) is 5.10 Å². The van der Waals surface area contributed by atoms with Crippen LogP contribution < -0.4 is 10.2 Å². The van der Waals surface area contributed by atoms with E-state index in [4.69, 9.17) is 4.74 Å². The predicted octanol–water partition coefficient (Wildman–Crippen LogP) is 5.03. The quantitative estimate of drug-likeness (QED) is 0.331. The van der Waals surface area contributed by atoms with E-state index < -0.39 is 16.7 Å². The number of hydrazone groups is 1. The maximum absolute atomic E-state index is 12.5. The molecular formula is C20H15F3N4O3. The van der Waals surface area contributed by atoms with Gasteiger partial charge >= 0.3 is 11.9 Å². The first kappa shape index (κ1) is 20.8. The molecule has 0 fully saturated rings. The third-order valence-corrected chi connectivity index (χ3v) is 3.90. The number of hydrogen-bond donors (Lipinski definition) is 1. The number of benzene rings is 2. The minimum atomic E-state index is -4.47. The minimum absolute atomic E-state index is 0.0940. The van der Waals surface area contributed by atoms with E-state index >= 15 is 0 Å². The van der Waals surface area contributed by atoms with Crippen LogP contribution >= 0.6 is 0 Å². The van der Waals surface area contributed by atoms with Gasteiger partial charge in [0.15, 0.2) is 5.75 Å². The Labute approximate surface area is 169 Å². The van der Waals surface area contributed by atoms with E-state index in [1.165, 1.54) is 18.3 Å². The topological polar surface area (TPSA) is 89.7 Å². The molecule has 0 saturated carbocycles. The smallest absolute Gasteiger partial charge is 0.417 e. The Morgan fingerprint density at radius 1 is 1.13 bits per heavy atom. The van der Waals surface area contributed by atoms with Crippen molar-refractivity contribution >= 4 is 17.7 Å². The number of hydrogen-bond acceptors (Lipinski definition) is 6. The van der Waals surface area contributed by atoms with Crippen molar-refractivity contribution in [1.29, 1.82) is 0 Å². The van der Waals surface area contributed by atoms with Gasteiger partial charge in [-0.3, -0.25) is 15.5 Å². The molecular weight excluding hydrogens is 401 g/mol. The second kappa shape index (κ2) is 9.03. The molecule has 30 heavy (non-hydrogen) atoms. The molecule has 0 radical (unpaired) electrons. The van der Waals surface area contributed by atoms with Crippen LogP contribution in [0.5, 0.6) is 5.75 Å². The van der Waals surface area contributed by atoms with Crippen molar-refractivity contribution < 1.29 is 22.8 Å². The van der Waals surface area contributed by atoms with Gasteiger partial charge in [0.05, 0.1) is 16.7 Å². The Hall–Kier alpha value is -3.95. The summed E-state index contributed by atoms with van der Waals surface area (Å²) in [4.78, 5) is 14.4. The van der Waals surface area contributed by atoms with Crippen LogP contribution in [0, 0.1) is 10.1 Å². The number of aromatic nitrogens is 1. The summed E-state index contributed by atoms with van der Waals surface area (Å²) in [6.45, 7) is 0.177. The third-order valence-electron chi connectivity index (χ3n) is 3.90. The van der Waals surface area contributed by atoms with Crippen molar-refractivity contribution in [1.82, 2.24) is 4.98 Å². The zero-order valence-electron chi connectivity index (χ0n) is 15.3. The average molecular weight is 416 g/mol. The maximum Gasteiger partial charge on any atom is 0.417 e. The fourth-order valence-electron chi connectivity index (χ4n) is 2.42. The Balaban J connectivity index is 1.67. The van der Waals surface area contributed by atoms with E-state index in [2.05, 4.69) is 15.5 Å². The molecule has 10 heteroatoms. The van der Waals surface area contributed by atoms with E-state index in [1.807, 2.05) is 30.3 Å². The molecule has 1 N–H and O–H groups in total. The Morgan fingerprint density at radius 2 is 1.90 bits per heavy atom. The van der Waals surface area contributed by atoms with Crippen LogP contribution in [-0.4, -0.2) is 16.1 Å². The van der Waals surface area contributed by atoms with Crippen molar-refractivity contribution in [2.75, 3.05) is 5.43 Å². The highest BCUT2D eigenvalue weighted by atomic mass is 19.4. The Morgan fingerprint density at radius 3 is 2.53 bits per heavy atom. The minimum Gasteiger partial charge on any atom is -0.482 e. The lowest BCUT2D eigenvalue weighted by Gasteiger charge is -2.07. The summed E-state index contributed by atoms with van der Waals surface area (Å²) in [5.41, 5.74) is 2.62. The number of alkyl halides is 3. The zero-order chi connectivity index (χ0) is 21.6. The Bertz CT molecular complexity index is 1040. The number of nitro groups is 1. The van der Waals surface area contributed by atoms with Crippen LogP contribution in [0.3, 0.4) is 0 Å². The summed E-state index contributed by atoms with van der Waals surface area (Å²) in [6.07, 6.45) is -2.51. The number of nitrogens with one attached hydrogen (secondary N) is 1. The van der Waals surface area contributed by atoms with Crippen molar-refractivity contribution in [3.05, 3.63) is 93.7 Å². The van der Waals surface area contributed by atoms with Gasteiger partial charge in [-0.15, -0.1) is 0 Å². The number of nitro benzene ring substituents is 1. The molecule has 0 atom stereocenters. The average Bonchev–Trinajstić information content (AvgIpc) is 2.73. The van der Waals surface area contributed by atoms with Gasteiger partial charge in [-0.2, -0.15) is 18.3 Å². The SMILES string of the molecule is O=[N+]([O-])c1cc(/C=N\Nc2ccc(C(F)(F)F)cn2)ccc1OCc1ccccc1. The lowest BCUT2D eigenvalue weighted by atomic mass is 10.2. The molecule has 1 aromatic heterocycles. The number of anilines is 1. The monoisotopic (exact) mass is 416 g/mol. The molecule has 3 rings (SSSR count). The highest BCUT2D eigenvalue weighted by Crippen LogP contribution is 2.29. The number of pyridine rings is 1. The van der Waals surface area contributed by atoms with E-state index in [0.29, 0.717) is 11.8 Å². The molecule has 0 unspecified atom stereocenters. The summed E-state index contributed by atoms with van der Waals surface area (Å²) < 4.78 is 43.1. The molecule has 2 aromatic carbocycles. The van der Waals surface area contributed by atoms with Crippen LogP contribution in [0.25, 0.3) is 0 Å². The molecule has 0 aliphatic heterocycles. The highest BCUT2D eigenvalue weighted by Gasteiger charge is 2.30. The summed E-state index contributed by atoms with van der Waals surface area (Å²) in [5, 5.41) is 15.2. The number of rotatable bonds is 7. The van der Waals surface area contributed by atoms with Crippen LogP contribution in [-0.2, 0) is 12.8 Å². The number of nitrogens with zero attached hydrogens (tertiary/aromatic N) is 3. The maximum atomic E-state index is 12.5. The van der Waals surface area contributed by atoms with Gasteiger partial charge in [-0.05, 0) is 29.8 Å². The molecule has 0 bridgehead atoms. The summed E-state index contributed by atoms with van der Waals surface area (Å²) in [5.74, 6) is 0.204. The first-order chi connectivity index (χ1) is 14.3.